The Hall–Kier alpha value is -1.65. The van der Waals surface area contributed by atoms with Gasteiger partial charge in [-0.05, 0) is 5.92 Å². The molecule has 0 aromatic heterocycles. The lowest BCUT2D eigenvalue weighted by atomic mass is 9.87. The second-order valence-electron chi connectivity index (χ2n) is 4.76. The lowest BCUT2D eigenvalue weighted by Gasteiger charge is -2.40. The third kappa shape index (κ3) is 3.43. The van der Waals surface area contributed by atoms with Crippen LogP contribution in [0.5, 0.6) is 0 Å². The quantitative estimate of drug-likeness (QED) is 0.426. The summed E-state index contributed by atoms with van der Waals surface area (Å²) in [5.41, 5.74) is 6.06. The van der Waals surface area contributed by atoms with Gasteiger partial charge in [-0.15, -0.1) is 6.58 Å². The van der Waals surface area contributed by atoms with Gasteiger partial charge in [-0.2, -0.15) is 0 Å². The van der Waals surface area contributed by atoms with Crippen LogP contribution in [0.3, 0.4) is 0 Å². The summed E-state index contributed by atoms with van der Waals surface area (Å²) in [7, 11) is 0. The van der Waals surface area contributed by atoms with Gasteiger partial charge in [0, 0.05) is 12.1 Å². The highest BCUT2D eigenvalue weighted by atomic mass is 16.6. The Labute approximate surface area is 114 Å². The van der Waals surface area contributed by atoms with Crippen molar-refractivity contribution in [3.05, 3.63) is 48.6 Å². The molecule has 0 bridgehead atoms. The van der Waals surface area contributed by atoms with Crippen LogP contribution in [-0.4, -0.2) is 19.1 Å². The van der Waals surface area contributed by atoms with E-state index in [1.165, 1.54) is 0 Å². The van der Waals surface area contributed by atoms with Crippen molar-refractivity contribution >= 4 is 6.47 Å². The van der Waals surface area contributed by atoms with E-state index >= 15 is 0 Å². The molecule has 0 aliphatic heterocycles. The number of nitrogens with two attached hydrogens (primary N) is 1. The molecule has 1 aromatic rings. The van der Waals surface area contributed by atoms with Gasteiger partial charge in [0.25, 0.3) is 6.47 Å². The SMILES string of the molecule is C=CCNC(OC=O)(c1ccccc1)[C@@H](N)C(C)C. The Morgan fingerprint density at radius 2 is 2.05 bits per heavy atom. The van der Waals surface area contributed by atoms with Crippen LogP contribution < -0.4 is 11.1 Å². The monoisotopic (exact) mass is 262 g/mol. The molecular formula is C15H22N2O2. The minimum Gasteiger partial charge on any atom is -0.440 e. The lowest BCUT2D eigenvalue weighted by molar-refractivity contribution is -0.154. The maximum atomic E-state index is 10.9. The van der Waals surface area contributed by atoms with E-state index in [-0.39, 0.29) is 12.0 Å². The molecule has 1 unspecified atom stereocenters. The summed E-state index contributed by atoms with van der Waals surface area (Å²) in [6.07, 6.45) is 1.71. The van der Waals surface area contributed by atoms with Gasteiger partial charge in [0.1, 0.15) is 0 Å². The fourth-order valence-corrected chi connectivity index (χ4v) is 2.06. The van der Waals surface area contributed by atoms with Crippen LogP contribution in [0.4, 0.5) is 0 Å². The van der Waals surface area contributed by atoms with Gasteiger partial charge in [-0.3, -0.25) is 10.1 Å². The molecule has 0 saturated heterocycles. The van der Waals surface area contributed by atoms with Crippen LogP contribution in [0.15, 0.2) is 43.0 Å². The first-order valence-electron chi connectivity index (χ1n) is 6.37. The average molecular weight is 262 g/mol. The van der Waals surface area contributed by atoms with Gasteiger partial charge >= 0.3 is 0 Å². The van der Waals surface area contributed by atoms with Crippen LogP contribution in [0.1, 0.15) is 19.4 Å². The summed E-state index contributed by atoms with van der Waals surface area (Å²) >= 11 is 0. The zero-order valence-electron chi connectivity index (χ0n) is 11.5. The predicted octanol–water partition coefficient (Wildman–Crippen LogP) is 1.77. The minimum atomic E-state index is -1.04. The third-order valence-corrected chi connectivity index (χ3v) is 3.13. The highest BCUT2D eigenvalue weighted by Crippen LogP contribution is 2.28. The maximum Gasteiger partial charge on any atom is 0.295 e. The van der Waals surface area contributed by atoms with Gasteiger partial charge in [-0.25, -0.2) is 0 Å². The zero-order chi connectivity index (χ0) is 14.3. The molecular weight excluding hydrogens is 240 g/mol. The van der Waals surface area contributed by atoms with Gasteiger partial charge in [0.05, 0.1) is 6.04 Å². The minimum absolute atomic E-state index is 0.137. The van der Waals surface area contributed by atoms with E-state index in [0.717, 1.165) is 5.56 Å². The van der Waals surface area contributed by atoms with E-state index in [0.29, 0.717) is 13.0 Å². The van der Waals surface area contributed by atoms with Gasteiger partial charge in [0.2, 0.25) is 5.72 Å². The number of nitrogens with one attached hydrogen (secondary N) is 1. The molecule has 2 atom stereocenters. The summed E-state index contributed by atoms with van der Waals surface area (Å²) in [6.45, 7) is 8.58. The molecule has 0 fully saturated rings. The van der Waals surface area contributed by atoms with E-state index in [4.69, 9.17) is 10.5 Å². The molecule has 104 valence electrons. The van der Waals surface area contributed by atoms with Crippen molar-refractivity contribution in [2.75, 3.05) is 6.54 Å². The van der Waals surface area contributed by atoms with E-state index in [9.17, 15) is 4.79 Å². The normalized spacial score (nSPS) is 15.6. The second-order valence-corrected chi connectivity index (χ2v) is 4.76. The fourth-order valence-electron chi connectivity index (χ4n) is 2.06. The van der Waals surface area contributed by atoms with Gasteiger partial charge in [0.15, 0.2) is 0 Å². The molecule has 0 saturated carbocycles. The fraction of sp³-hybridized carbons (Fsp3) is 0.400. The molecule has 0 aliphatic carbocycles. The van der Waals surface area contributed by atoms with E-state index in [1.807, 2.05) is 44.2 Å². The molecule has 0 radical (unpaired) electrons. The van der Waals surface area contributed by atoms with Crippen LogP contribution in [-0.2, 0) is 15.3 Å². The molecule has 4 nitrogen and oxygen atoms in total. The molecule has 0 spiro atoms. The highest BCUT2D eigenvalue weighted by molar-refractivity contribution is 5.41. The summed E-state index contributed by atoms with van der Waals surface area (Å²) in [6, 6.07) is 9.09. The maximum absolute atomic E-state index is 10.9. The zero-order valence-corrected chi connectivity index (χ0v) is 11.5. The molecule has 0 aliphatic rings. The molecule has 19 heavy (non-hydrogen) atoms. The highest BCUT2D eigenvalue weighted by Gasteiger charge is 2.41. The molecule has 0 heterocycles. The van der Waals surface area contributed by atoms with Crippen LogP contribution in [0.25, 0.3) is 0 Å². The largest absolute Gasteiger partial charge is 0.440 e. The standard InChI is InChI=1S/C15H22N2O2/c1-4-10-17-15(19-11-18,14(16)12(2)3)13-8-6-5-7-9-13/h4-9,11-12,14,17H,1,10,16H2,2-3H3/t14-,15?/m0/s1. The average Bonchev–Trinajstić information content (AvgIpc) is 2.43. The first-order chi connectivity index (χ1) is 9.08. The van der Waals surface area contributed by atoms with Crippen LogP contribution >= 0.6 is 0 Å². The number of ether oxygens (including phenoxy) is 1. The number of carbonyl (C=O) groups is 1. The summed E-state index contributed by atoms with van der Waals surface area (Å²) in [4.78, 5) is 10.9. The van der Waals surface area contributed by atoms with Crippen molar-refractivity contribution < 1.29 is 9.53 Å². The van der Waals surface area contributed by atoms with Crippen molar-refractivity contribution in [3.63, 3.8) is 0 Å². The van der Waals surface area contributed by atoms with Crippen molar-refractivity contribution in [2.45, 2.75) is 25.6 Å². The molecule has 1 rings (SSSR count). The number of benzene rings is 1. The Morgan fingerprint density at radius 3 is 2.53 bits per heavy atom. The Balaban J connectivity index is 3.25. The van der Waals surface area contributed by atoms with Crippen LogP contribution in [0.2, 0.25) is 0 Å². The van der Waals surface area contributed by atoms with Crippen molar-refractivity contribution in [1.29, 1.82) is 0 Å². The summed E-state index contributed by atoms with van der Waals surface area (Å²) in [5.74, 6) is 0.137. The van der Waals surface area contributed by atoms with Gasteiger partial charge < -0.3 is 10.5 Å². The Morgan fingerprint density at radius 1 is 1.42 bits per heavy atom. The molecule has 4 heteroatoms. The Kier molecular flexibility index (Phi) is 5.73. The number of hydrogen-bond donors (Lipinski definition) is 2. The van der Waals surface area contributed by atoms with Gasteiger partial charge in [-0.1, -0.05) is 50.3 Å². The number of hydrogen-bond acceptors (Lipinski definition) is 4. The third-order valence-electron chi connectivity index (χ3n) is 3.13. The topological polar surface area (TPSA) is 64.3 Å². The predicted molar refractivity (Wildman–Crippen MR) is 76.3 cm³/mol. The van der Waals surface area contributed by atoms with E-state index < -0.39 is 5.72 Å². The van der Waals surface area contributed by atoms with Crippen molar-refractivity contribution in [2.24, 2.45) is 11.7 Å². The smallest absolute Gasteiger partial charge is 0.295 e. The van der Waals surface area contributed by atoms with E-state index in [1.54, 1.807) is 6.08 Å². The second kappa shape index (κ2) is 7.07. The first-order valence-corrected chi connectivity index (χ1v) is 6.37. The van der Waals surface area contributed by atoms with Crippen molar-refractivity contribution in [3.8, 4) is 0 Å². The number of rotatable bonds is 8. The van der Waals surface area contributed by atoms with E-state index in [2.05, 4.69) is 11.9 Å². The first kappa shape index (κ1) is 15.4. The Bertz CT molecular complexity index is 406. The summed E-state index contributed by atoms with van der Waals surface area (Å²) < 4.78 is 5.38. The van der Waals surface area contributed by atoms with Crippen molar-refractivity contribution in [1.82, 2.24) is 5.32 Å². The molecule has 1 aromatic carbocycles. The lowest BCUT2D eigenvalue weighted by Crippen LogP contribution is -2.59. The molecule has 0 amide bonds. The number of carbonyl (C=O) groups excluding carboxylic acids is 1. The summed E-state index contributed by atoms with van der Waals surface area (Å²) in [5, 5.41) is 3.18. The van der Waals surface area contributed by atoms with Crippen LogP contribution in [0, 0.1) is 5.92 Å². The molecule has 3 N–H and O–H groups in total.